The minimum absolute atomic E-state index is 0.179. The first-order valence-corrected chi connectivity index (χ1v) is 5.42. The Labute approximate surface area is 105 Å². The van der Waals surface area contributed by atoms with Crippen molar-refractivity contribution in [2.75, 3.05) is 12.4 Å². The van der Waals surface area contributed by atoms with E-state index in [1.807, 2.05) is 0 Å². The maximum absolute atomic E-state index is 11.5. The first-order chi connectivity index (χ1) is 8.43. The van der Waals surface area contributed by atoms with Crippen LogP contribution < -0.4 is 5.32 Å². The molecule has 0 heterocycles. The van der Waals surface area contributed by atoms with Gasteiger partial charge in [-0.15, -0.1) is 0 Å². The number of rotatable bonds is 4. The zero-order chi connectivity index (χ0) is 13.7. The number of ether oxygens (including phenoxy) is 1. The number of amides is 1. The Morgan fingerprint density at radius 2 is 1.94 bits per heavy atom. The molecule has 1 rings (SSSR count). The second kappa shape index (κ2) is 5.95. The summed E-state index contributed by atoms with van der Waals surface area (Å²) in [5.74, 6) is -1.08. The Kier molecular flexibility index (Phi) is 4.59. The topological polar surface area (TPSA) is 72.5 Å². The molecule has 96 valence electrons. The van der Waals surface area contributed by atoms with E-state index in [1.54, 1.807) is 19.1 Å². The van der Waals surface area contributed by atoms with E-state index in [0.29, 0.717) is 11.3 Å². The highest BCUT2D eigenvalue weighted by Crippen LogP contribution is 2.17. The monoisotopic (exact) mass is 249 g/mol. The highest BCUT2D eigenvalue weighted by Gasteiger charge is 2.11. The number of anilines is 1. The molecule has 1 aromatic carbocycles. The molecule has 0 saturated heterocycles. The van der Waals surface area contributed by atoms with Crippen LogP contribution in [0.15, 0.2) is 18.2 Å². The molecule has 0 aromatic heterocycles. The standard InChI is InChI=1S/C13H15NO4/c1-8-4-5-10(13(17)18-3)7-11(8)14-12(16)6-9(2)15/h4-5,7H,6H2,1-3H3,(H,14,16). The molecule has 0 aliphatic carbocycles. The van der Waals surface area contributed by atoms with Gasteiger partial charge in [-0.25, -0.2) is 4.79 Å². The van der Waals surface area contributed by atoms with Gasteiger partial charge in [-0.2, -0.15) is 0 Å². The Balaban J connectivity index is 2.91. The average molecular weight is 249 g/mol. The number of esters is 1. The van der Waals surface area contributed by atoms with Gasteiger partial charge in [0.1, 0.15) is 5.78 Å². The smallest absolute Gasteiger partial charge is 0.337 e. The number of ketones is 1. The number of methoxy groups -OCH3 is 1. The van der Waals surface area contributed by atoms with Crippen LogP contribution in [0.25, 0.3) is 0 Å². The van der Waals surface area contributed by atoms with Gasteiger partial charge in [0.15, 0.2) is 0 Å². The molecular weight excluding hydrogens is 234 g/mol. The Morgan fingerprint density at radius 3 is 2.50 bits per heavy atom. The molecule has 0 spiro atoms. The molecule has 0 aliphatic rings. The minimum Gasteiger partial charge on any atom is -0.465 e. The second-order valence-corrected chi connectivity index (χ2v) is 3.95. The van der Waals surface area contributed by atoms with Gasteiger partial charge < -0.3 is 10.1 Å². The van der Waals surface area contributed by atoms with Gasteiger partial charge in [0.2, 0.25) is 5.91 Å². The Hall–Kier alpha value is -2.17. The van der Waals surface area contributed by atoms with Crippen molar-refractivity contribution in [3.63, 3.8) is 0 Å². The fourth-order valence-corrected chi connectivity index (χ4v) is 1.42. The van der Waals surface area contributed by atoms with Gasteiger partial charge in [0.05, 0.1) is 19.1 Å². The van der Waals surface area contributed by atoms with Crippen molar-refractivity contribution in [1.82, 2.24) is 0 Å². The highest BCUT2D eigenvalue weighted by atomic mass is 16.5. The number of benzene rings is 1. The van der Waals surface area contributed by atoms with Crippen LogP contribution in [0.4, 0.5) is 5.69 Å². The predicted octanol–water partition coefficient (Wildman–Crippen LogP) is 1.70. The number of Topliss-reactive ketones (excluding diaryl/α,β-unsaturated/α-hetero) is 1. The van der Waals surface area contributed by atoms with E-state index in [-0.39, 0.29) is 12.2 Å². The summed E-state index contributed by atoms with van der Waals surface area (Å²) >= 11 is 0. The quantitative estimate of drug-likeness (QED) is 0.651. The number of hydrogen-bond acceptors (Lipinski definition) is 4. The van der Waals surface area contributed by atoms with E-state index in [9.17, 15) is 14.4 Å². The third-order valence-corrected chi connectivity index (χ3v) is 2.34. The van der Waals surface area contributed by atoms with Crippen LogP contribution in [0.1, 0.15) is 29.3 Å². The van der Waals surface area contributed by atoms with Crippen molar-refractivity contribution in [2.24, 2.45) is 0 Å². The number of carbonyl (C=O) groups is 3. The molecule has 0 unspecified atom stereocenters. The van der Waals surface area contributed by atoms with Crippen molar-refractivity contribution in [1.29, 1.82) is 0 Å². The summed E-state index contributed by atoms with van der Waals surface area (Å²) in [4.78, 5) is 33.6. The summed E-state index contributed by atoms with van der Waals surface area (Å²) in [6.07, 6.45) is -0.179. The van der Waals surface area contributed by atoms with Gasteiger partial charge >= 0.3 is 5.97 Å². The number of aryl methyl sites for hydroxylation is 1. The molecule has 0 aliphatic heterocycles. The van der Waals surface area contributed by atoms with E-state index < -0.39 is 11.9 Å². The number of carbonyl (C=O) groups excluding carboxylic acids is 3. The van der Waals surface area contributed by atoms with E-state index in [0.717, 1.165) is 5.56 Å². The molecule has 5 heteroatoms. The first kappa shape index (κ1) is 13.9. The largest absolute Gasteiger partial charge is 0.465 e. The van der Waals surface area contributed by atoms with Crippen molar-refractivity contribution < 1.29 is 19.1 Å². The highest BCUT2D eigenvalue weighted by molar-refractivity contribution is 6.04. The Morgan fingerprint density at radius 1 is 1.28 bits per heavy atom. The summed E-state index contributed by atoms with van der Waals surface area (Å²) in [5.41, 5.74) is 1.66. The van der Waals surface area contributed by atoms with Crippen molar-refractivity contribution in [2.45, 2.75) is 20.3 Å². The third kappa shape index (κ3) is 3.69. The second-order valence-electron chi connectivity index (χ2n) is 3.95. The molecule has 1 aromatic rings. The molecule has 1 N–H and O–H groups in total. The van der Waals surface area contributed by atoms with E-state index in [2.05, 4.69) is 10.1 Å². The van der Waals surface area contributed by atoms with Crippen LogP contribution in [0.2, 0.25) is 0 Å². The number of nitrogens with one attached hydrogen (secondary N) is 1. The van der Waals surface area contributed by atoms with Crippen LogP contribution in [0.3, 0.4) is 0 Å². The van der Waals surface area contributed by atoms with Gasteiger partial charge in [-0.05, 0) is 31.5 Å². The molecule has 5 nitrogen and oxygen atoms in total. The lowest BCUT2D eigenvalue weighted by Crippen LogP contribution is -2.16. The van der Waals surface area contributed by atoms with Gasteiger partial charge in [0.25, 0.3) is 0 Å². The summed E-state index contributed by atoms with van der Waals surface area (Å²) in [5, 5.41) is 2.59. The predicted molar refractivity (Wildman–Crippen MR) is 66.4 cm³/mol. The fraction of sp³-hybridized carbons (Fsp3) is 0.308. The first-order valence-electron chi connectivity index (χ1n) is 5.42. The molecule has 1 amide bonds. The van der Waals surface area contributed by atoms with E-state index >= 15 is 0 Å². The van der Waals surface area contributed by atoms with Crippen LogP contribution in [0.5, 0.6) is 0 Å². The molecule has 0 fully saturated rings. The van der Waals surface area contributed by atoms with Crippen molar-refractivity contribution in [3.8, 4) is 0 Å². The third-order valence-electron chi connectivity index (χ3n) is 2.34. The van der Waals surface area contributed by atoms with Crippen molar-refractivity contribution >= 4 is 23.3 Å². The molecule has 18 heavy (non-hydrogen) atoms. The van der Waals surface area contributed by atoms with Gasteiger partial charge in [-0.1, -0.05) is 6.07 Å². The zero-order valence-corrected chi connectivity index (χ0v) is 10.6. The lowest BCUT2D eigenvalue weighted by atomic mass is 10.1. The van der Waals surface area contributed by atoms with Crippen molar-refractivity contribution in [3.05, 3.63) is 29.3 Å². The molecular formula is C13H15NO4. The molecule has 0 atom stereocenters. The minimum atomic E-state index is -0.475. The van der Waals surface area contributed by atoms with Gasteiger partial charge in [-0.3, -0.25) is 9.59 Å². The van der Waals surface area contributed by atoms with E-state index in [1.165, 1.54) is 20.1 Å². The summed E-state index contributed by atoms with van der Waals surface area (Å²) in [6.45, 7) is 3.14. The summed E-state index contributed by atoms with van der Waals surface area (Å²) in [7, 11) is 1.29. The van der Waals surface area contributed by atoms with Crippen LogP contribution in [-0.4, -0.2) is 24.8 Å². The SMILES string of the molecule is COC(=O)c1ccc(C)c(NC(=O)CC(C)=O)c1. The molecule has 0 bridgehead atoms. The van der Waals surface area contributed by atoms with E-state index in [4.69, 9.17) is 0 Å². The maximum atomic E-state index is 11.5. The van der Waals surface area contributed by atoms with Crippen LogP contribution in [-0.2, 0) is 14.3 Å². The van der Waals surface area contributed by atoms with Gasteiger partial charge in [0, 0.05) is 5.69 Å². The molecule has 0 saturated carbocycles. The zero-order valence-electron chi connectivity index (χ0n) is 10.6. The van der Waals surface area contributed by atoms with Crippen LogP contribution >= 0.6 is 0 Å². The normalized spacial score (nSPS) is 9.72. The molecule has 0 radical (unpaired) electrons. The Bertz CT molecular complexity index is 494. The average Bonchev–Trinajstić information content (AvgIpc) is 2.30. The lowest BCUT2D eigenvalue weighted by Gasteiger charge is -2.09. The summed E-state index contributed by atoms with van der Waals surface area (Å²) in [6, 6.07) is 4.84. The lowest BCUT2D eigenvalue weighted by molar-refractivity contribution is -0.124. The summed E-state index contributed by atoms with van der Waals surface area (Å²) < 4.78 is 4.59. The maximum Gasteiger partial charge on any atom is 0.337 e. The number of hydrogen-bond donors (Lipinski definition) is 1. The fourth-order valence-electron chi connectivity index (χ4n) is 1.42. The van der Waals surface area contributed by atoms with Crippen LogP contribution in [0, 0.1) is 6.92 Å².